The smallest absolute Gasteiger partial charge is 2.00 e. The topological polar surface area (TPSA) is 142 Å². The summed E-state index contributed by atoms with van der Waals surface area (Å²) >= 11 is 0. The third kappa shape index (κ3) is 86.7. The summed E-state index contributed by atoms with van der Waals surface area (Å²) in [6.07, 6.45) is 0. The normalized spacial score (nSPS) is 0. The molecule has 0 amide bonds. The van der Waals surface area contributed by atoms with E-state index in [-0.39, 0.29) is 104 Å². The second-order valence-corrected chi connectivity index (χ2v) is 0. The van der Waals surface area contributed by atoms with Gasteiger partial charge < -0.3 is 27.4 Å². The van der Waals surface area contributed by atoms with Crippen LogP contribution >= 0.6 is 0 Å². The Kier molecular flexibility index (Phi) is 2770. The first-order chi connectivity index (χ1) is 0. The Morgan fingerprint density at radius 3 is 0.375 bits per heavy atom. The minimum Gasteiger partial charge on any atom is -2.00 e. The van der Waals surface area contributed by atoms with Crippen LogP contribution in [0.25, 0.3) is 0 Å². The first-order valence-corrected chi connectivity index (χ1v) is 0. The van der Waals surface area contributed by atoms with E-state index in [1.807, 2.05) is 0 Å². The van der Waals surface area contributed by atoms with Gasteiger partial charge in [-0.15, -0.1) is 0 Å². The fourth-order valence-corrected chi connectivity index (χ4v) is 0. The monoisotopic (exact) mass is 286 g/mol. The summed E-state index contributed by atoms with van der Waals surface area (Å²) in [5, 5.41) is 0. The molecule has 0 N–H and O–H groups in total. The van der Waals surface area contributed by atoms with E-state index in [9.17, 15) is 0 Å². The van der Waals surface area contributed by atoms with Crippen molar-refractivity contribution >= 4 is 11.0 Å². The van der Waals surface area contributed by atoms with Crippen molar-refractivity contribution in [2.24, 2.45) is 0 Å². The summed E-state index contributed by atoms with van der Waals surface area (Å²) in [4.78, 5) is 0. The molecular formula is O5SiY2. The fourth-order valence-electron chi connectivity index (χ4n) is 0. The maximum Gasteiger partial charge on any atom is 4.00 e. The Morgan fingerprint density at radius 2 is 0.375 bits per heavy atom. The minimum atomic E-state index is 0. The van der Waals surface area contributed by atoms with E-state index < -0.39 is 0 Å². The Balaban J connectivity index is 0. The van der Waals surface area contributed by atoms with Crippen LogP contribution in [0, 0.1) is 0 Å². The van der Waals surface area contributed by atoms with Crippen molar-refractivity contribution in [1.82, 2.24) is 0 Å². The van der Waals surface area contributed by atoms with E-state index in [1.165, 1.54) is 0 Å². The van der Waals surface area contributed by atoms with Crippen molar-refractivity contribution in [3.05, 3.63) is 0 Å². The van der Waals surface area contributed by atoms with Gasteiger partial charge in [0, 0.05) is 0 Å². The van der Waals surface area contributed by atoms with Crippen LogP contribution in [0.3, 0.4) is 0 Å². The van der Waals surface area contributed by atoms with Gasteiger partial charge in [0.1, 0.15) is 0 Å². The molecule has 0 aromatic carbocycles. The number of hydrogen-bond acceptors (Lipinski definition) is 0. The van der Waals surface area contributed by atoms with Crippen LogP contribution in [0.1, 0.15) is 0 Å². The van der Waals surface area contributed by atoms with Crippen molar-refractivity contribution in [3.8, 4) is 0 Å². The molecule has 0 radical (unpaired) electrons. The molecule has 0 aliphatic rings. The van der Waals surface area contributed by atoms with Gasteiger partial charge in [-0.05, 0) is 0 Å². The zero-order valence-electron chi connectivity index (χ0n) is 3.70. The molecular weight excluding hydrogens is 286 g/mol. The second kappa shape index (κ2) is 126. The summed E-state index contributed by atoms with van der Waals surface area (Å²) in [7, 11) is 0. The summed E-state index contributed by atoms with van der Waals surface area (Å²) in [5.41, 5.74) is 0. The molecule has 0 unspecified atom stereocenters. The van der Waals surface area contributed by atoms with Crippen molar-refractivity contribution in [3.63, 3.8) is 0 Å². The molecule has 0 saturated carbocycles. The number of hydrogen-bond donors (Lipinski definition) is 0. The fraction of sp³-hybridized carbons (Fsp3) is 0. The summed E-state index contributed by atoms with van der Waals surface area (Å²) in [6.45, 7) is 0. The standard InChI is InChI=1S/5O.Si.2Y/q5*-2;+4;2*+3. The van der Waals surface area contributed by atoms with Crippen LogP contribution in [0.15, 0.2) is 0 Å². The molecule has 0 heterocycles. The molecule has 0 atom stereocenters. The average Bonchev–Trinajstić information content (AvgIpc) is 0. The summed E-state index contributed by atoms with van der Waals surface area (Å²) in [6, 6.07) is 0. The Labute approximate surface area is 102 Å². The first kappa shape index (κ1) is 176. The predicted octanol–water partition coefficient (Wildman–Crippen LogP) is -0.980. The Hall–Kier alpha value is 2.22. The predicted molar refractivity (Wildman–Crippen MR) is 9.19 cm³/mol. The largest absolute Gasteiger partial charge is 4.00 e. The molecule has 8 heavy (non-hydrogen) atoms. The Bertz CT molecular complexity index is 10.4. The van der Waals surface area contributed by atoms with Crippen LogP contribution in [0.4, 0.5) is 0 Å². The van der Waals surface area contributed by atoms with E-state index in [0.29, 0.717) is 0 Å². The van der Waals surface area contributed by atoms with E-state index >= 15 is 0 Å². The molecule has 0 aromatic heterocycles. The summed E-state index contributed by atoms with van der Waals surface area (Å²) < 4.78 is 0. The van der Waals surface area contributed by atoms with Gasteiger partial charge in [-0.25, -0.2) is 0 Å². The Morgan fingerprint density at radius 1 is 0.375 bits per heavy atom. The van der Waals surface area contributed by atoms with Gasteiger partial charge in [-0.2, -0.15) is 0 Å². The molecule has 5 nitrogen and oxygen atoms in total. The first-order valence-electron chi connectivity index (χ1n) is 0. The van der Waals surface area contributed by atoms with Crippen LogP contribution in [0.5, 0.6) is 0 Å². The van der Waals surface area contributed by atoms with Crippen molar-refractivity contribution in [1.29, 1.82) is 0 Å². The molecule has 0 fully saturated rings. The van der Waals surface area contributed by atoms with Gasteiger partial charge in [0.05, 0.1) is 0 Å². The van der Waals surface area contributed by atoms with Gasteiger partial charge >= 0.3 is 76.4 Å². The molecule has 40 valence electrons. The summed E-state index contributed by atoms with van der Waals surface area (Å²) in [5.74, 6) is 0. The van der Waals surface area contributed by atoms with E-state index in [4.69, 9.17) is 0 Å². The molecule has 0 bridgehead atoms. The van der Waals surface area contributed by atoms with Crippen LogP contribution in [0.2, 0.25) is 0 Å². The molecule has 0 rings (SSSR count). The molecule has 0 saturated heterocycles. The quantitative estimate of drug-likeness (QED) is 0.504. The maximum absolute atomic E-state index is 0. The molecule has 0 aliphatic carbocycles. The van der Waals surface area contributed by atoms with E-state index in [2.05, 4.69) is 0 Å². The maximum atomic E-state index is 0. The van der Waals surface area contributed by atoms with E-state index in [1.54, 1.807) is 0 Å². The van der Waals surface area contributed by atoms with Crippen LogP contribution in [-0.4, -0.2) is 11.0 Å². The third-order valence-corrected chi connectivity index (χ3v) is 0. The minimum absolute atomic E-state index is 0. The van der Waals surface area contributed by atoms with Gasteiger partial charge in [-0.3, -0.25) is 0 Å². The molecule has 0 spiro atoms. The van der Waals surface area contributed by atoms with Crippen LogP contribution < -0.4 is 0 Å². The zero-order valence-corrected chi connectivity index (χ0v) is 10.4. The van der Waals surface area contributed by atoms with Gasteiger partial charge in [0.25, 0.3) is 0 Å². The molecule has 8 heteroatoms. The van der Waals surface area contributed by atoms with E-state index in [0.717, 1.165) is 0 Å². The molecule has 0 aromatic rings. The van der Waals surface area contributed by atoms with Crippen molar-refractivity contribution < 1.29 is 92.8 Å². The molecule has 0 aliphatic heterocycles. The number of rotatable bonds is 0. The SMILES string of the molecule is [O-2].[O-2].[O-2].[O-2].[O-2].[Si+4].[Y+3].[Y+3]. The second-order valence-electron chi connectivity index (χ2n) is 0. The van der Waals surface area contributed by atoms with Crippen LogP contribution in [-0.2, 0) is 92.8 Å². The van der Waals surface area contributed by atoms with Gasteiger partial charge in [0.15, 0.2) is 0 Å². The van der Waals surface area contributed by atoms with Crippen molar-refractivity contribution in [2.75, 3.05) is 0 Å². The van der Waals surface area contributed by atoms with Crippen molar-refractivity contribution in [2.45, 2.75) is 0 Å². The van der Waals surface area contributed by atoms with Gasteiger partial charge in [0.2, 0.25) is 0 Å². The average molecular weight is 286 g/mol. The zero-order chi connectivity index (χ0) is 0. The third-order valence-electron chi connectivity index (χ3n) is 0. The van der Waals surface area contributed by atoms with Gasteiger partial charge in [-0.1, -0.05) is 0 Å².